The van der Waals surface area contributed by atoms with Crippen LogP contribution in [-0.2, 0) is 0 Å². The van der Waals surface area contributed by atoms with E-state index >= 15 is 0 Å². The number of nitrogens with zero attached hydrogens (tertiary/aromatic N) is 2. The van der Waals surface area contributed by atoms with Crippen molar-refractivity contribution in [3.05, 3.63) is 65.0 Å². The Balaban J connectivity index is 2.46. The number of non-ortho nitro benzene ring substituents is 1. The molecular formula is C13H10N2O2. The van der Waals surface area contributed by atoms with Crippen molar-refractivity contribution in [1.29, 1.82) is 0 Å². The van der Waals surface area contributed by atoms with Crippen LogP contribution in [0.4, 0.5) is 5.69 Å². The molecule has 0 aliphatic carbocycles. The Kier molecular flexibility index (Phi) is 2.96. The number of nitro benzene ring substituents is 1. The van der Waals surface area contributed by atoms with Crippen molar-refractivity contribution in [2.75, 3.05) is 0 Å². The molecule has 1 aromatic heterocycles. The van der Waals surface area contributed by atoms with Gasteiger partial charge < -0.3 is 0 Å². The highest BCUT2D eigenvalue weighted by Crippen LogP contribution is 2.24. The second-order valence-corrected chi connectivity index (χ2v) is 3.44. The molecule has 0 saturated heterocycles. The maximum absolute atomic E-state index is 10.5. The summed E-state index contributed by atoms with van der Waals surface area (Å²) in [4.78, 5) is 14.3. The molecule has 0 unspecified atom stereocenters. The summed E-state index contributed by atoms with van der Waals surface area (Å²) in [7, 11) is 0. The van der Waals surface area contributed by atoms with Crippen LogP contribution in [0.15, 0.2) is 49.2 Å². The molecule has 0 saturated carbocycles. The first-order valence-electron chi connectivity index (χ1n) is 5.04. The van der Waals surface area contributed by atoms with Gasteiger partial charge in [0.25, 0.3) is 5.69 Å². The molecule has 0 aliphatic heterocycles. The van der Waals surface area contributed by atoms with Crippen LogP contribution in [0, 0.1) is 10.1 Å². The topological polar surface area (TPSA) is 56.0 Å². The van der Waals surface area contributed by atoms with Crippen LogP contribution >= 0.6 is 0 Å². The Hall–Kier alpha value is -2.49. The zero-order chi connectivity index (χ0) is 12.3. The second kappa shape index (κ2) is 4.57. The lowest BCUT2D eigenvalue weighted by molar-refractivity contribution is -0.384. The van der Waals surface area contributed by atoms with Gasteiger partial charge in [0, 0.05) is 23.9 Å². The van der Waals surface area contributed by atoms with Crippen molar-refractivity contribution in [2.24, 2.45) is 0 Å². The molecular weight excluding hydrogens is 216 g/mol. The average molecular weight is 226 g/mol. The third kappa shape index (κ3) is 2.20. The molecule has 0 bridgehead atoms. The minimum atomic E-state index is -0.415. The predicted octanol–water partition coefficient (Wildman–Crippen LogP) is 3.30. The second-order valence-electron chi connectivity index (χ2n) is 3.44. The molecule has 2 aromatic rings. The fourth-order valence-corrected chi connectivity index (χ4v) is 1.59. The van der Waals surface area contributed by atoms with Crippen molar-refractivity contribution in [1.82, 2.24) is 4.98 Å². The number of benzene rings is 1. The Bertz CT molecular complexity index is 562. The molecule has 84 valence electrons. The lowest BCUT2D eigenvalue weighted by atomic mass is 10.0. The summed E-state index contributed by atoms with van der Waals surface area (Å²) in [5, 5.41) is 10.5. The molecule has 0 amide bonds. The zero-order valence-electron chi connectivity index (χ0n) is 9.04. The van der Waals surface area contributed by atoms with E-state index in [1.807, 2.05) is 12.1 Å². The molecule has 4 nitrogen and oxygen atoms in total. The van der Waals surface area contributed by atoms with E-state index in [9.17, 15) is 10.1 Å². The Morgan fingerprint density at radius 1 is 1.24 bits per heavy atom. The van der Waals surface area contributed by atoms with Crippen LogP contribution in [-0.4, -0.2) is 9.91 Å². The highest BCUT2D eigenvalue weighted by molar-refractivity contribution is 5.73. The first-order valence-corrected chi connectivity index (χ1v) is 5.04. The fraction of sp³-hybridized carbons (Fsp3) is 0. The summed E-state index contributed by atoms with van der Waals surface area (Å²) in [6.07, 6.45) is 3.35. The summed E-state index contributed by atoms with van der Waals surface area (Å²) in [6, 6.07) is 10.1. The van der Waals surface area contributed by atoms with Crippen LogP contribution < -0.4 is 0 Å². The van der Waals surface area contributed by atoms with Gasteiger partial charge in [0.15, 0.2) is 0 Å². The van der Waals surface area contributed by atoms with E-state index < -0.39 is 4.92 Å². The van der Waals surface area contributed by atoms with Crippen LogP contribution in [0.1, 0.15) is 5.69 Å². The summed E-state index contributed by atoms with van der Waals surface area (Å²) >= 11 is 0. The zero-order valence-corrected chi connectivity index (χ0v) is 9.04. The number of hydrogen-bond acceptors (Lipinski definition) is 3. The van der Waals surface area contributed by atoms with Crippen LogP contribution in [0.5, 0.6) is 0 Å². The van der Waals surface area contributed by atoms with E-state index in [4.69, 9.17) is 0 Å². The smallest absolute Gasteiger partial charge is 0.258 e. The van der Waals surface area contributed by atoms with Gasteiger partial charge in [-0.25, -0.2) is 0 Å². The minimum absolute atomic E-state index is 0.0813. The molecule has 17 heavy (non-hydrogen) atoms. The van der Waals surface area contributed by atoms with Crippen LogP contribution in [0.2, 0.25) is 0 Å². The van der Waals surface area contributed by atoms with Crippen LogP contribution in [0.3, 0.4) is 0 Å². The molecule has 2 rings (SSSR count). The molecule has 0 fully saturated rings. The highest BCUT2D eigenvalue weighted by atomic mass is 16.6. The molecule has 0 radical (unpaired) electrons. The van der Waals surface area contributed by atoms with E-state index in [0.717, 1.165) is 16.8 Å². The summed E-state index contributed by atoms with van der Waals surface area (Å²) in [5.41, 5.74) is 2.65. The number of aromatic nitrogens is 1. The molecule has 4 heteroatoms. The van der Waals surface area contributed by atoms with Gasteiger partial charge in [-0.15, -0.1) is 0 Å². The number of hydrogen-bond donors (Lipinski definition) is 0. The molecule has 1 aromatic carbocycles. The molecule has 0 spiro atoms. The normalized spacial score (nSPS) is 9.88. The summed E-state index contributed by atoms with van der Waals surface area (Å²) in [6.45, 7) is 3.69. The molecule has 0 atom stereocenters. The third-order valence-electron chi connectivity index (χ3n) is 2.42. The van der Waals surface area contributed by atoms with E-state index in [2.05, 4.69) is 11.6 Å². The Morgan fingerprint density at radius 3 is 2.53 bits per heavy atom. The summed E-state index contributed by atoms with van der Waals surface area (Å²) in [5.74, 6) is 0. The lowest BCUT2D eigenvalue weighted by Gasteiger charge is -2.04. The van der Waals surface area contributed by atoms with Gasteiger partial charge in [0.1, 0.15) is 0 Å². The predicted molar refractivity (Wildman–Crippen MR) is 66.4 cm³/mol. The van der Waals surface area contributed by atoms with Gasteiger partial charge in [-0.1, -0.05) is 12.6 Å². The Morgan fingerprint density at radius 2 is 1.94 bits per heavy atom. The third-order valence-corrected chi connectivity index (χ3v) is 2.42. The van der Waals surface area contributed by atoms with E-state index in [1.165, 1.54) is 12.1 Å². The van der Waals surface area contributed by atoms with Crippen molar-refractivity contribution in [3.63, 3.8) is 0 Å². The Labute approximate surface area is 98.4 Å². The van der Waals surface area contributed by atoms with E-state index in [-0.39, 0.29) is 5.69 Å². The standard InChI is InChI=1S/C13H10N2O2/c1-2-13-12(4-3-9-14-13)10-5-7-11(8-6-10)15(16)17/h2-9H,1H2. The maximum Gasteiger partial charge on any atom is 0.269 e. The minimum Gasteiger partial charge on any atom is -0.258 e. The van der Waals surface area contributed by atoms with Crippen molar-refractivity contribution < 1.29 is 4.92 Å². The van der Waals surface area contributed by atoms with Gasteiger partial charge >= 0.3 is 0 Å². The SMILES string of the molecule is C=Cc1ncccc1-c1ccc([N+](=O)[O-])cc1. The van der Waals surface area contributed by atoms with Crippen molar-refractivity contribution in [2.45, 2.75) is 0 Å². The summed E-state index contributed by atoms with van der Waals surface area (Å²) < 4.78 is 0. The van der Waals surface area contributed by atoms with Gasteiger partial charge in [-0.2, -0.15) is 0 Å². The van der Waals surface area contributed by atoms with E-state index in [1.54, 1.807) is 24.4 Å². The van der Waals surface area contributed by atoms with Gasteiger partial charge in [0.05, 0.1) is 10.6 Å². The first kappa shape index (κ1) is 11.0. The number of nitro groups is 1. The first-order chi connectivity index (χ1) is 8.22. The highest BCUT2D eigenvalue weighted by Gasteiger charge is 2.07. The van der Waals surface area contributed by atoms with Crippen molar-refractivity contribution in [3.8, 4) is 11.1 Å². The quantitative estimate of drug-likeness (QED) is 0.596. The van der Waals surface area contributed by atoms with E-state index in [0.29, 0.717) is 0 Å². The largest absolute Gasteiger partial charge is 0.269 e. The van der Waals surface area contributed by atoms with Gasteiger partial charge in [-0.05, 0) is 29.8 Å². The lowest BCUT2D eigenvalue weighted by Crippen LogP contribution is -1.89. The molecule has 0 N–H and O–H groups in total. The van der Waals surface area contributed by atoms with Gasteiger partial charge in [-0.3, -0.25) is 15.1 Å². The maximum atomic E-state index is 10.5. The average Bonchev–Trinajstić information content (AvgIpc) is 2.39. The number of pyridine rings is 1. The molecule has 0 aliphatic rings. The van der Waals surface area contributed by atoms with Crippen LogP contribution in [0.25, 0.3) is 17.2 Å². The number of rotatable bonds is 3. The fourth-order valence-electron chi connectivity index (χ4n) is 1.59. The van der Waals surface area contributed by atoms with Gasteiger partial charge in [0.2, 0.25) is 0 Å². The monoisotopic (exact) mass is 226 g/mol. The van der Waals surface area contributed by atoms with Crippen molar-refractivity contribution >= 4 is 11.8 Å². The molecule has 1 heterocycles.